The molecule has 1 aromatic rings. The number of aliphatic hydroxyl groups is 1. The summed E-state index contributed by atoms with van der Waals surface area (Å²) in [5, 5.41) is 29.1. The number of hydrogen-bond donors (Lipinski definition) is 5. The maximum atomic E-state index is 9.99. The molecule has 2 atom stereocenters. The van der Waals surface area contributed by atoms with Gasteiger partial charge in [-0.15, -0.1) is 0 Å². The van der Waals surface area contributed by atoms with Crippen LogP contribution in [0, 0.1) is 0 Å². The van der Waals surface area contributed by atoms with Crippen LogP contribution < -0.4 is 20.5 Å². The van der Waals surface area contributed by atoms with Crippen LogP contribution in [-0.2, 0) is 9.59 Å². The van der Waals surface area contributed by atoms with Gasteiger partial charge >= 0.3 is 11.9 Å². The number of aliphatic hydroxyl groups excluding tert-OH is 1. The van der Waals surface area contributed by atoms with E-state index in [0.717, 1.165) is 0 Å². The highest BCUT2D eigenvalue weighted by Crippen LogP contribution is 2.25. The van der Waals surface area contributed by atoms with Crippen molar-refractivity contribution in [3.63, 3.8) is 0 Å². The molecule has 1 aromatic carbocycles. The Kier molecular flexibility index (Phi) is 12.6. The van der Waals surface area contributed by atoms with E-state index in [1.54, 1.807) is 7.11 Å². The number of carbonyl (C=O) groups is 2. The van der Waals surface area contributed by atoms with Gasteiger partial charge in [-0.25, -0.2) is 0 Å². The Balaban J connectivity index is 0.000000580. The first kappa shape index (κ1) is 24.6. The van der Waals surface area contributed by atoms with Crippen molar-refractivity contribution in [3.8, 4) is 11.5 Å². The molecule has 0 radical (unpaired) electrons. The van der Waals surface area contributed by atoms with Crippen LogP contribution in [0.25, 0.3) is 0 Å². The maximum Gasteiger partial charge on any atom is 0.320 e. The minimum atomic E-state index is -1.17. The van der Waals surface area contributed by atoms with Gasteiger partial charge in [-0.1, -0.05) is 26.0 Å². The number of ether oxygens (including phenoxy) is 2. The Morgan fingerprint density at radius 1 is 1.19 bits per heavy atom. The van der Waals surface area contributed by atoms with Crippen molar-refractivity contribution < 1.29 is 34.4 Å². The van der Waals surface area contributed by atoms with Crippen molar-refractivity contribution >= 4 is 11.9 Å². The van der Waals surface area contributed by atoms with E-state index < -0.39 is 24.1 Å². The van der Waals surface area contributed by atoms with Gasteiger partial charge in [-0.2, -0.15) is 0 Å². The summed E-state index contributed by atoms with van der Waals surface area (Å²) in [5.74, 6) is -0.868. The van der Waals surface area contributed by atoms with Gasteiger partial charge in [0.05, 0.1) is 7.11 Å². The second-order valence-corrected chi connectivity index (χ2v) is 6.06. The molecule has 6 N–H and O–H groups in total. The van der Waals surface area contributed by atoms with E-state index in [9.17, 15) is 14.7 Å². The molecule has 9 nitrogen and oxygen atoms in total. The number of para-hydroxylation sites is 2. The fourth-order valence-corrected chi connectivity index (χ4v) is 1.76. The molecular formula is C18H30N2O7. The average molecular weight is 386 g/mol. The Hall–Kier alpha value is -2.36. The van der Waals surface area contributed by atoms with E-state index in [1.165, 1.54) is 0 Å². The summed E-state index contributed by atoms with van der Waals surface area (Å²) in [5.41, 5.74) is 5.00. The van der Waals surface area contributed by atoms with E-state index in [2.05, 4.69) is 5.32 Å². The zero-order chi connectivity index (χ0) is 20.8. The summed E-state index contributed by atoms with van der Waals surface area (Å²) in [7, 11) is 1.60. The van der Waals surface area contributed by atoms with Crippen LogP contribution >= 0.6 is 0 Å². The Labute approximate surface area is 159 Å². The Bertz CT molecular complexity index is 566. The standard InChI is InChI=1S/C13H21NO3.C5H9NO4/c1-10(2)14-8-11(15)9-17-13-7-5-4-6-12(13)16-3;6-3(5(9)10)1-2-4(7)8/h4-7,10-11,14-15H,8-9H2,1-3H3;3H,1-2,6H2,(H,7,8)(H,9,10). The van der Waals surface area contributed by atoms with Crippen LogP contribution in [0.4, 0.5) is 0 Å². The van der Waals surface area contributed by atoms with Crippen molar-refractivity contribution in [3.05, 3.63) is 24.3 Å². The number of hydrogen-bond acceptors (Lipinski definition) is 7. The smallest absolute Gasteiger partial charge is 0.320 e. The third-order valence-corrected chi connectivity index (χ3v) is 3.25. The third-order valence-electron chi connectivity index (χ3n) is 3.25. The largest absolute Gasteiger partial charge is 0.493 e. The van der Waals surface area contributed by atoms with Crippen LogP contribution in [0.15, 0.2) is 24.3 Å². The predicted molar refractivity (Wildman–Crippen MR) is 100 cm³/mol. The summed E-state index contributed by atoms with van der Waals surface area (Å²) >= 11 is 0. The number of methoxy groups -OCH3 is 1. The summed E-state index contributed by atoms with van der Waals surface area (Å²) in [6, 6.07) is 6.70. The van der Waals surface area contributed by atoms with Crippen molar-refractivity contribution in [2.45, 2.75) is 44.9 Å². The minimum absolute atomic E-state index is 0.0231. The van der Waals surface area contributed by atoms with Gasteiger partial charge in [-0.05, 0) is 18.6 Å². The van der Waals surface area contributed by atoms with E-state index in [4.69, 9.17) is 25.4 Å². The topological polar surface area (TPSA) is 151 Å². The number of nitrogens with one attached hydrogen (secondary N) is 1. The van der Waals surface area contributed by atoms with Gasteiger partial charge in [0.2, 0.25) is 0 Å². The van der Waals surface area contributed by atoms with Gasteiger partial charge in [0.1, 0.15) is 18.8 Å². The molecule has 0 heterocycles. The quantitative estimate of drug-likeness (QED) is 0.370. The first-order chi connectivity index (χ1) is 12.7. The zero-order valence-corrected chi connectivity index (χ0v) is 15.9. The lowest BCUT2D eigenvalue weighted by Gasteiger charge is -2.16. The molecule has 0 aromatic heterocycles. The number of aliphatic carboxylic acids is 2. The lowest BCUT2D eigenvalue weighted by Crippen LogP contribution is -2.35. The van der Waals surface area contributed by atoms with Crippen molar-refractivity contribution in [2.75, 3.05) is 20.3 Å². The van der Waals surface area contributed by atoms with Crippen LogP contribution in [0.2, 0.25) is 0 Å². The summed E-state index contributed by atoms with van der Waals surface area (Å²) in [6.45, 7) is 4.84. The Morgan fingerprint density at radius 2 is 1.78 bits per heavy atom. The van der Waals surface area contributed by atoms with Crippen LogP contribution in [0.5, 0.6) is 11.5 Å². The van der Waals surface area contributed by atoms with Crippen molar-refractivity contribution in [1.82, 2.24) is 5.32 Å². The van der Waals surface area contributed by atoms with Gasteiger partial charge in [0, 0.05) is 19.0 Å². The molecule has 154 valence electrons. The molecule has 27 heavy (non-hydrogen) atoms. The van der Waals surface area contributed by atoms with Gasteiger partial charge < -0.3 is 35.8 Å². The highest BCUT2D eigenvalue weighted by molar-refractivity contribution is 5.74. The van der Waals surface area contributed by atoms with Gasteiger partial charge in [-0.3, -0.25) is 9.59 Å². The molecular weight excluding hydrogens is 356 g/mol. The number of rotatable bonds is 11. The van der Waals surface area contributed by atoms with Crippen LogP contribution in [0.3, 0.4) is 0 Å². The molecule has 0 fully saturated rings. The highest BCUT2D eigenvalue weighted by atomic mass is 16.5. The average Bonchev–Trinajstić information content (AvgIpc) is 2.63. The van der Waals surface area contributed by atoms with Gasteiger partial charge in [0.15, 0.2) is 11.5 Å². The molecule has 0 saturated carbocycles. The van der Waals surface area contributed by atoms with Crippen LogP contribution in [-0.4, -0.2) is 65.7 Å². The fraction of sp³-hybridized carbons (Fsp3) is 0.556. The molecule has 1 rings (SSSR count). The second kappa shape index (κ2) is 13.8. The number of carboxylic acids is 2. The normalized spacial score (nSPS) is 12.5. The van der Waals surface area contributed by atoms with Crippen LogP contribution in [0.1, 0.15) is 26.7 Å². The van der Waals surface area contributed by atoms with E-state index in [0.29, 0.717) is 24.1 Å². The fourth-order valence-electron chi connectivity index (χ4n) is 1.76. The lowest BCUT2D eigenvalue weighted by atomic mass is 10.2. The van der Waals surface area contributed by atoms with Crippen molar-refractivity contribution in [1.29, 1.82) is 0 Å². The molecule has 0 bridgehead atoms. The monoisotopic (exact) mass is 386 g/mol. The Morgan fingerprint density at radius 3 is 2.26 bits per heavy atom. The highest BCUT2D eigenvalue weighted by Gasteiger charge is 2.12. The third kappa shape index (κ3) is 12.6. The molecule has 9 heteroatoms. The zero-order valence-electron chi connectivity index (χ0n) is 15.9. The lowest BCUT2D eigenvalue weighted by molar-refractivity contribution is -0.139. The summed E-state index contributed by atoms with van der Waals surface area (Å²) in [6.07, 6.45) is -0.750. The molecule has 0 aliphatic carbocycles. The van der Waals surface area contributed by atoms with Crippen molar-refractivity contribution in [2.24, 2.45) is 5.73 Å². The first-order valence-corrected chi connectivity index (χ1v) is 8.54. The molecule has 2 unspecified atom stereocenters. The molecule has 0 aliphatic heterocycles. The molecule has 0 amide bonds. The minimum Gasteiger partial charge on any atom is -0.493 e. The number of carboxylic acid groups (broad SMARTS) is 2. The second-order valence-electron chi connectivity index (χ2n) is 6.06. The SMILES string of the molecule is COc1ccccc1OCC(O)CNC(C)C.NC(CCC(=O)O)C(=O)O. The van der Waals surface area contributed by atoms with E-state index in [-0.39, 0.29) is 19.4 Å². The van der Waals surface area contributed by atoms with E-state index in [1.807, 2.05) is 38.1 Å². The maximum absolute atomic E-state index is 9.99. The predicted octanol–water partition coefficient (Wildman–Crippen LogP) is 0.696. The molecule has 0 saturated heterocycles. The molecule has 0 aliphatic rings. The number of benzene rings is 1. The van der Waals surface area contributed by atoms with Gasteiger partial charge in [0.25, 0.3) is 0 Å². The molecule has 0 spiro atoms. The number of nitrogens with two attached hydrogens (primary N) is 1. The first-order valence-electron chi connectivity index (χ1n) is 8.54. The van der Waals surface area contributed by atoms with E-state index >= 15 is 0 Å². The summed E-state index contributed by atoms with van der Waals surface area (Å²) in [4.78, 5) is 19.9. The summed E-state index contributed by atoms with van der Waals surface area (Å²) < 4.78 is 10.7.